The van der Waals surface area contributed by atoms with Gasteiger partial charge in [-0.3, -0.25) is 0 Å². The predicted octanol–water partition coefficient (Wildman–Crippen LogP) is 3.06. The lowest BCUT2D eigenvalue weighted by atomic mass is 9.72. The highest BCUT2D eigenvalue weighted by Gasteiger charge is 2.38. The fraction of sp³-hybridized carbons (Fsp3) is 0.600. The summed E-state index contributed by atoms with van der Waals surface area (Å²) in [4.78, 5) is 0. The van der Waals surface area contributed by atoms with Crippen LogP contribution in [0.3, 0.4) is 0 Å². The molecule has 86 valence electrons. The van der Waals surface area contributed by atoms with E-state index >= 15 is 0 Å². The van der Waals surface area contributed by atoms with E-state index in [4.69, 9.17) is 5.73 Å². The Bertz CT molecular complexity index is 352. The number of fused-ring (bicyclic) bond motifs is 1. The van der Waals surface area contributed by atoms with E-state index in [-0.39, 0.29) is 5.54 Å². The first-order valence-corrected chi connectivity index (χ1v) is 6.64. The summed E-state index contributed by atoms with van der Waals surface area (Å²) in [7, 11) is 0. The van der Waals surface area contributed by atoms with Gasteiger partial charge in [0, 0.05) is 5.54 Å². The normalized spacial score (nSPS) is 24.3. The fourth-order valence-electron chi connectivity index (χ4n) is 3.58. The van der Waals surface area contributed by atoms with Crippen LogP contribution in [-0.2, 0) is 12.8 Å². The summed E-state index contributed by atoms with van der Waals surface area (Å²) in [6.07, 6.45) is 8.97. The molecule has 0 aromatic heterocycles. The largest absolute Gasteiger partial charge is 0.325 e. The lowest BCUT2D eigenvalue weighted by Crippen LogP contribution is -2.49. The summed E-state index contributed by atoms with van der Waals surface area (Å²) >= 11 is 0. The van der Waals surface area contributed by atoms with Crippen molar-refractivity contribution in [3.8, 4) is 0 Å². The molecule has 1 saturated carbocycles. The first kappa shape index (κ1) is 10.3. The number of benzene rings is 1. The zero-order valence-electron chi connectivity index (χ0n) is 9.91. The summed E-state index contributed by atoms with van der Waals surface area (Å²) in [5.74, 6) is 0.699. The summed E-state index contributed by atoms with van der Waals surface area (Å²) in [6, 6.07) is 8.87. The highest BCUT2D eigenvalue weighted by Crippen LogP contribution is 2.39. The summed E-state index contributed by atoms with van der Waals surface area (Å²) in [5.41, 5.74) is 9.87. The van der Waals surface area contributed by atoms with Crippen LogP contribution >= 0.6 is 0 Å². The molecule has 16 heavy (non-hydrogen) atoms. The third kappa shape index (κ3) is 1.67. The molecule has 0 saturated heterocycles. The van der Waals surface area contributed by atoms with Crippen LogP contribution in [0.1, 0.15) is 43.2 Å². The van der Waals surface area contributed by atoms with Gasteiger partial charge in [0.1, 0.15) is 0 Å². The van der Waals surface area contributed by atoms with Crippen molar-refractivity contribution in [2.24, 2.45) is 11.7 Å². The second-order valence-corrected chi connectivity index (χ2v) is 5.67. The standard InChI is InChI=1S/C15H21N/c16-15(8-4-1-5-9-15)14-10-12-6-2-3-7-13(12)11-14/h2-3,6-7,14H,1,4-5,8-11,16H2. The van der Waals surface area contributed by atoms with Crippen LogP contribution in [0, 0.1) is 5.92 Å². The van der Waals surface area contributed by atoms with Gasteiger partial charge in [0.2, 0.25) is 0 Å². The first-order chi connectivity index (χ1) is 7.78. The molecular weight excluding hydrogens is 194 g/mol. The van der Waals surface area contributed by atoms with Crippen LogP contribution in [0.15, 0.2) is 24.3 Å². The first-order valence-electron chi connectivity index (χ1n) is 6.64. The predicted molar refractivity (Wildman–Crippen MR) is 67.3 cm³/mol. The van der Waals surface area contributed by atoms with Crippen LogP contribution in [0.4, 0.5) is 0 Å². The molecule has 2 N–H and O–H groups in total. The Hall–Kier alpha value is -0.820. The molecule has 0 bridgehead atoms. The van der Waals surface area contributed by atoms with Crippen molar-refractivity contribution < 1.29 is 0 Å². The molecule has 0 aliphatic heterocycles. The Kier molecular flexibility index (Phi) is 2.51. The number of nitrogens with two attached hydrogens (primary N) is 1. The maximum Gasteiger partial charge on any atom is 0.0189 e. The van der Waals surface area contributed by atoms with Gasteiger partial charge in [0.05, 0.1) is 0 Å². The molecule has 0 radical (unpaired) electrons. The Morgan fingerprint density at radius 1 is 0.938 bits per heavy atom. The summed E-state index contributed by atoms with van der Waals surface area (Å²) in [5, 5.41) is 0. The van der Waals surface area contributed by atoms with Gasteiger partial charge in [0.15, 0.2) is 0 Å². The quantitative estimate of drug-likeness (QED) is 0.765. The van der Waals surface area contributed by atoms with Gasteiger partial charge < -0.3 is 5.73 Å². The van der Waals surface area contributed by atoms with Gasteiger partial charge in [-0.25, -0.2) is 0 Å². The highest BCUT2D eigenvalue weighted by molar-refractivity contribution is 5.33. The molecule has 0 unspecified atom stereocenters. The van der Waals surface area contributed by atoms with E-state index in [1.165, 1.54) is 44.9 Å². The van der Waals surface area contributed by atoms with Crippen molar-refractivity contribution in [3.63, 3.8) is 0 Å². The van der Waals surface area contributed by atoms with Crippen LogP contribution in [-0.4, -0.2) is 5.54 Å². The fourth-order valence-corrected chi connectivity index (χ4v) is 3.58. The molecule has 0 atom stereocenters. The number of hydrogen-bond donors (Lipinski definition) is 1. The van der Waals surface area contributed by atoms with E-state index in [0.29, 0.717) is 5.92 Å². The number of hydrogen-bond acceptors (Lipinski definition) is 1. The molecule has 0 heterocycles. The van der Waals surface area contributed by atoms with Crippen LogP contribution < -0.4 is 5.73 Å². The minimum atomic E-state index is 0.136. The van der Waals surface area contributed by atoms with E-state index in [9.17, 15) is 0 Å². The third-order valence-electron chi connectivity index (χ3n) is 4.65. The highest BCUT2D eigenvalue weighted by atomic mass is 14.8. The van der Waals surface area contributed by atoms with E-state index in [1.54, 1.807) is 11.1 Å². The Morgan fingerprint density at radius 3 is 2.06 bits per heavy atom. The molecule has 0 amide bonds. The molecule has 0 spiro atoms. The van der Waals surface area contributed by atoms with Crippen molar-refractivity contribution in [1.29, 1.82) is 0 Å². The Morgan fingerprint density at radius 2 is 1.50 bits per heavy atom. The topological polar surface area (TPSA) is 26.0 Å². The molecule has 1 aromatic rings. The van der Waals surface area contributed by atoms with E-state index in [1.807, 2.05) is 0 Å². The van der Waals surface area contributed by atoms with Gasteiger partial charge in [-0.15, -0.1) is 0 Å². The van der Waals surface area contributed by atoms with E-state index < -0.39 is 0 Å². The van der Waals surface area contributed by atoms with Crippen molar-refractivity contribution >= 4 is 0 Å². The minimum absolute atomic E-state index is 0.136. The maximum absolute atomic E-state index is 6.64. The monoisotopic (exact) mass is 215 g/mol. The summed E-state index contributed by atoms with van der Waals surface area (Å²) in [6.45, 7) is 0. The van der Waals surface area contributed by atoms with E-state index in [0.717, 1.165) is 0 Å². The summed E-state index contributed by atoms with van der Waals surface area (Å²) < 4.78 is 0. The van der Waals surface area contributed by atoms with Crippen LogP contribution in [0.5, 0.6) is 0 Å². The van der Waals surface area contributed by atoms with Gasteiger partial charge in [-0.2, -0.15) is 0 Å². The zero-order chi connectivity index (χ0) is 11.0. The van der Waals surface area contributed by atoms with Crippen molar-refractivity contribution in [1.82, 2.24) is 0 Å². The minimum Gasteiger partial charge on any atom is -0.325 e. The third-order valence-corrected chi connectivity index (χ3v) is 4.65. The van der Waals surface area contributed by atoms with Crippen molar-refractivity contribution in [3.05, 3.63) is 35.4 Å². The lowest BCUT2D eigenvalue weighted by molar-refractivity contribution is 0.201. The average molecular weight is 215 g/mol. The van der Waals surface area contributed by atoms with Crippen LogP contribution in [0.2, 0.25) is 0 Å². The smallest absolute Gasteiger partial charge is 0.0189 e. The van der Waals surface area contributed by atoms with Crippen LogP contribution in [0.25, 0.3) is 0 Å². The molecule has 1 heteroatoms. The molecule has 1 fully saturated rings. The van der Waals surface area contributed by atoms with E-state index in [2.05, 4.69) is 24.3 Å². The van der Waals surface area contributed by atoms with Crippen molar-refractivity contribution in [2.75, 3.05) is 0 Å². The van der Waals surface area contributed by atoms with Gasteiger partial charge >= 0.3 is 0 Å². The molecule has 2 aliphatic rings. The molecule has 1 nitrogen and oxygen atoms in total. The average Bonchev–Trinajstić information content (AvgIpc) is 2.74. The Balaban J connectivity index is 1.80. The van der Waals surface area contributed by atoms with Gasteiger partial charge in [-0.1, -0.05) is 43.5 Å². The van der Waals surface area contributed by atoms with Gasteiger partial charge in [0.25, 0.3) is 0 Å². The lowest BCUT2D eigenvalue weighted by Gasteiger charge is -2.39. The second kappa shape index (κ2) is 3.89. The second-order valence-electron chi connectivity index (χ2n) is 5.67. The molecular formula is C15H21N. The molecule has 2 aliphatic carbocycles. The molecule has 3 rings (SSSR count). The molecule has 1 aromatic carbocycles. The van der Waals surface area contributed by atoms with Gasteiger partial charge in [-0.05, 0) is 42.7 Å². The Labute approximate surface area is 98.0 Å². The SMILES string of the molecule is NC1(C2Cc3ccccc3C2)CCCCC1. The zero-order valence-corrected chi connectivity index (χ0v) is 9.91. The maximum atomic E-state index is 6.64. The van der Waals surface area contributed by atoms with Crippen molar-refractivity contribution in [2.45, 2.75) is 50.5 Å². The number of rotatable bonds is 1.